The van der Waals surface area contributed by atoms with Crippen LogP contribution in [0, 0.1) is 11.6 Å². The number of nitrogens with zero attached hydrogens (tertiary/aromatic N) is 4. The Balaban J connectivity index is 2.24. The van der Waals surface area contributed by atoms with Crippen LogP contribution in [0.1, 0.15) is 13.8 Å². The second-order valence-electron chi connectivity index (χ2n) is 5.85. The van der Waals surface area contributed by atoms with Gasteiger partial charge in [-0.2, -0.15) is 32.8 Å². The molecule has 1 N–H and O–H groups in total. The highest BCUT2D eigenvalue weighted by Gasteiger charge is 2.37. The van der Waals surface area contributed by atoms with Crippen LogP contribution >= 0.6 is 11.6 Å². The molecule has 1 unspecified atom stereocenters. The maximum atomic E-state index is 14.8. The molecule has 2 aromatic heterocycles. The second kappa shape index (κ2) is 7.82. The van der Waals surface area contributed by atoms with Crippen LogP contribution in [0.4, 0.5) is 27.8 Å². The van der Waals surface area contributed by atoms with Crippen LogP contribution in [0.5, 0.6) is 5.75 Å². The van der Waals surface area contributed by atoms with E-state index >= 15 is 0 Å². The fraction of sp³-hybridized carbons (Fsp3) is 0.235. The first-order valence-electron chi connectivity index (χ1n) is 8.13. The SMILES string of the molecule is C/C=C\Oc1cc(F)c(-c2c(Cl)nc3ncnn3c2NC(C)C(F)(F)F)c(F)c1. The fourth-order valence-electron chi connectivity index (χ4n) is 2.46. The number of hydrogen-bond donors (Lipinski definition) is 1. The molecule has 1 aromatic carbocycles. The Labute approximate surface area is 166 Å². The molecule has 12 heteroatoms. The van der Waals surface area contributed by atoms with Crippen LogP contribution in [-0.4, -0.2) is 31.8 Å². The highest BCUT2D eigenvalue weighted by molar-refractivity contribution is 6.33. The van der Waals surface area contributed by atoms with E-state index in [0.717, 1.165) is 29.9 Å². The van der Waals surface area contributed by atoms with E-state index in [2.05, 4.69) is 20.4 Å². The zero-order valence-corrected chi connectivity index (χ0v) is 15.7. The van der Waals surface area contributed by atoms with E-state index in [1.165, 1.54) is 12.3 Å². The normalized spacial score (nSPS) is 13.2. The lowest BCUT2D eigenvalue weighted by Gasteiger charge is -2.21. The molecule has 0 spiro atoms. The van der Waals surface area contributed by atoms with Crippen LogP contribution in [0.2, 0.25) is 5.15 Å². The lowest BCUT2D eigenvalue weighted by Crippen LogP contribution is -2.34. The zero-order chi connectivity index (χ0) is 21.3. The van der Waals surface area contributed by atoms with E-state index in [4.69, 9.17) is 16.3 Å². The predicted octanol–water partition coefficient (Wildman–Crippen LogP) is 5.00. The average molecular weight is 434 g/mol. The summed E-state index contributed by atoms with van der Waals surface area (Å²) in [5.74, 6) is -2.94. The molecule has 1 atom stereocenters. The molecule has 0 aliphatic heterocycles. The van der Waals surface area contributed by atoms with Gasteiger partial charge in [0.05, 0.1) is 17.4 Å². The molecule has 0 radical (unpaired) electrons. The van der Waals surface area contributed by atoms with E-state index in [9.17, 15) is 22.0 Å². The first-order chi connectivity index (χ1) is 13.6. The van der Waals surface area contributed by atoms with Gasteiger partial charge in [-0.25, -0.2) is 8.78 Å². The van der Waals surface area contributed by atoms with Crippen LogP contribution in [0.3, 0.4) is 0 Å². The number of allylic oxidation sites excluding steroid dienone is 1. The summed E-state index contributed by atoms with van der Waals surface area (Å²) in [5, 5.41) is 5.48. The van der Waals surface area contributed by atoms with Crippen molar-refractivity contribution in [3.8, 4) is 16.9 Å². The quantitative estimate of drug-likeness (QED) is 0.348. The topological polar surface area (TPSA) is 64.3 Å². The summed E-state index contributed by atoms with van der Waals surface area (Å²) >= 11 is 6.08. The summed E-state index contributed by atoms with van der Waals surface area (Å²) in [4.78, 5) is 7.61. The molecule has 3 aromatic rings. The largest absolute Gasteiger partial charge is 0.465 e. The maximum absolute atomic E-state index is 14.8. The van der Waals surface area contributed by atoms with Crippen molar-refractivity contribution in [1.29, 1.82) is 0 Å². The molecule has 0 amide bonds. The van der Waals surface area contributed by atoms with Gasteiger partial charge >= 0.3 is 6.18 Å². The number of alkyl halides is 3. The molecule has 29 heavy (non-hydrogen) atoms. The molecule has 154 valence electrons. The third-order valence-electron chi connectivity index (χ3n) is 3.83. The van der Waals surface area contributed by atoms with Crippen molar-refractivity contribution < 1.29 is 26.7 Å². The third kappa shape index (κ3) is 4.09. The van der Waals surface area contributed by atoms with Gasteiger partial charge in [0.1, 0.15) is 40.7 Å². The van der Waals surface area contributed by atoms with Crippen LogP contribution in [-0.2, 0) is 0 Å². The molecule has 0 bridgehead atoms. The van der Waals surface area contributed by atoms with Gasteiger partial charge in [-0.15, -0.1) is 0 Å². The summed E-state index contributed by atoms with van der Waals surface area (Å²) in [6.45, 7) is 2.47. The Morgan fingerprint density at radius 1 is 1.21 bits per heavy atom. The van der Waals surface area contributed by atoms with Crippen LogP contribution in [0.15, 0.2) is 30.8 Å². The average Bonchev–Trinajstić information content (AvgIpc) is 3.08. The monoisotopic (exact) mass is 433 g/mol. The van der Waals surface area contributed by atoms with E-state index < -0.39 is 46.0 Å². The van der Waals surface area contributed by atoms with E-state index in [1.54, 1.807) is 6.92 Å². The van der Waals surface area contributed by atoms with Crippen molar-refractivity contribution in [2.75, 3.05) is 5.32 Å². The highest BCUT2D eigenvalue weighted by Crippen LogP contribution is 2.39. The number of rotatable bonds is 5. The van der Waals surface area contributed by atoms with Crippen molar-refractivity contribution in [3.05, 3.63) is 47.6 Å². The Morgan fingerprint density at radius 3 is 2.45 bits per heavy atom. The predicted molar refractivity (Wildman–Crippen MR) is 95.7 cm³/mol. The molecule has 3 rings (SSSR count). The molecular formula is C17H13ClF5N5O. The van der Waals surface area contributed by atoms with Crippen molar-refractivity contribution in [1.82, 2.24) is 19.6 Å². The molecular weight excluding hydrogens is 421 g/mol. The van der Waals surface area contributed by atoms with Gasteiger partial charge in [0.2, 0.25) is 0 Å². The number of anilines is 1. The third-order valence-corrected chi connectivity index (χ3v) is 4.11. The van der Waals surface area contributed by atoms with Crippen LogP contribution in [0.25, 0.3) is 16.9 Å². The number of ether oxygens (including phenoxy) is 1. The summed E-state index contributed by atoms with van der Waals surface area (Å²) in [6, 6.07) is -0.343. The lowest BCUT2D eigenvalue weighted by molar-refractivity contribution is -0.138. The van der Waals surface area contributed by atoms with Gasteiger partial charge in [-0.3, -0.25) is 0 Å². The number of benzene rings is 1. The van der Waals surface area contributed by atoms with Gasteiger partial charge in [0.25, 0.3) is 5.78 Å². The lowest BCUT2D eigenvalue weighted by atomic mass is 10.1. The van der Waals surface area contributed by atoms with Crippen molar-refractivity contribution >= 4 is 23.2 Å². The van der Waals surface area contributed by atoms with Crippen molar-refractivity contribution in [2.24, 2.45) is 0 Å². The fourth-order valence-corrected chi connectivity index (χ4v) is 2.72. The van der Waals surface area contributed by atoms with E-state index in [-0.39, 0.29) is 11.5 Å². The summed E-state index contributed by atoms with van der Waals surface area (Å²) < 4.78 is 74.7. The first-order valence-corrected chi connectivity index (χ1v) is 8.51. The van der Waals surface area contributed by atoms with Crippen molar-refractivity contribution in [3.63, 3.8) is 0 Å². The molecule has 6 nitrogen and oxygen atoms in total. The number of fused-ring (bicyclic) bond motifs is 1. The number of nitrogens with one attached hydrogen (secondary N) is 1. The minimum Gasteiger partial charge on any atom is -0.465 e. The Morgan fingerprint density at radius 2 is 1.86 bits per heavy atom. The van der Waals surface area contributed by atoms with Gasteiger partial charge in [0, 0.05) is 12.1 Å². The van der Waals surface area contributed by atoms with E-state index in [0.29, 0.717) is 0 Å². The first kappa shape index (κ1) is 20.8. The molecule has 0 aliphatic rings. The van der Waals surface area contributed by atoms with Gasteiger partial charge in [0.15, 0.2) is 0 Å². The van der Waals surface area contributed by atoms with E-state index in [1.807, 2.05) is 0 Å². The van der Waals surface area contributed by atoms with Crippen LogP contribution < -0.4 is 10.1 Å². The summed E-state index contributed by atoms with van der Waals surface area (Å²) in [5.41, 5.74) is -1.13. The number of aromatic nitrogens is 4. The smallest absolute Gasteiger partial charge is 0.408 e. The molecule has 0 saturated heterocycles. The Bertz CT molecular complexity index is 1060. The molecule has 0 saturated carbocycles. The number of hydrogen-bond acceptors (Lipinski definition) is 5. The van der Waals surface area contributed by atoms with Gasteiger partial charge in [-0.05, 0) is 13.8 Å². The second-order valence-corrected chi connectivity index (χ2v) is 6.21. The summed E-state index contributed by atoms with van der Waals surface area (Å²) in [7, 11) is 0. The minimum atomic E-state index is -4.65. The molecule has 0 aliphatic carbocycles. The highest BCUT2D eigenvalue weighted by atomic mass is 35.5. The standard InChI is InChI=1S/C17H13ClF5N5O/c1-3-4-29-9-5-10(19)12(11(20)6-9)13-14(18)27-16-24-7-25-28(16)15(13)26-8(2)17(21,22)23/h3-8,26H,1-2H3/b4-3-. The number of halogens is 6. The summed E-state index contributed by atoms with van der Waals surface area (Å²) in [6.07, 6.45) is -0.917. The molecule has 0 fully saturated rings. The molecule has 2 heterocycles. The Hall–Kier alpha value is -2.95. The van der Waals surface area contributed by atoms with Crippen molar-refractivity contribution in [2.45, 2.75) is 26.1 Å². The maximum Gasteiger partial charge on any atom is 0.408 e. The zero-order valence-electron chi connectivity index (χ0n) is 14.9. The minimum absolute atomic E-state index is 0.147. The Kier molecular flexibility index (Phi) is 5.60. The van der Waals surface area contributed by atoms with Gasteiger partial charge in [-0.1, -0.05) is 17.7 Å². The van der Waals surface area contributed by atoms with Gasteiger partial charge < -0.3 is 10.1 Å².